The zero-order chi connectivity index (χ0) is 22.2. The number of fused-ring (bicyclic) bond motifs is 2. The minimum Gasteiger partial charge on any atom is -0.423 e. The van der Waals surface area contributed by atoms with Gasteiger partial charge in [0.15, 0.2) is 5.65 Å². The molecule has 0 radical (unpaired) electrons. The predicted molar refractivity (Wildman–Crippen MR) is 118 cm³/mol. The molecule has 160 valence electrons. The van der Waals surface area contributed by atoms with Crippen LogP contribution in [-0.2, 0) is 17.6 Å². The fourth-order valence-corrected chi connectivity index (χ4v) is 4.26. The maximum absolute atomic E-state index is 14.4. The van der Waals surface area contributed by atoms with Crippen LogP contribution in [0.5, 0.6) is 5.75 Å². The molecule has 32 heavy (non-hydrogen) atoms. The summed E-state index contributed by atoms with van der Waals surface area (Å²) >= 11 is 0. The van der Waals surface area contributed by atoms with Gasteiger partial charge in [-0.1, -0.05) is 30.8 Å². The lowest BCUT2D eigenvalue weighted by Gasteiger charge is -2.25. The second-order valence-corrected chi connectivity index (χ2v) is 7.72. The first-order valence-electron chi connectivity index (χ1n) is 10.2. The highest BCUT2D eigenvalue weighted by atomic mass is 19.1. The summed E-state index contributed by atoms with van der Waals surface area (Å²) < 4.78 is 21.4. The number of hydrogen-bond acceptors (Lipinski definition) is 6. The summed E-state index contributed by atoms with van der Waals surface area (Å²) in [5.74, 6) is -0.948. The van der Waals surface area contributed by atoms with Crippen LogP contribution in [0, 0.1) is 5.82 Å². The van der Waals surface area contributed by atoms with Crippen LogP contribution in [0.15, 0.2) is 61.4 Å². The molecule has 0 saturated heterocycles. The number of anilines is 1. The molecule has 0 aliphatic heterocycles. The predicted octanol–water partition coefficient (Wildman–Crippen LogP) is 4.04. The molecule has 7 nitrogen and oxygen atoms in total. The molecule has 1 aliphatic rings. The van der Waals surface area contributed by atoms with E-state index in [2.05, 4.69) is 34.7 Å². The number of benzene rings is 2. The van der Waals surface area contributed by atoms with Gasteiger partial charge in [-0.25, -0.2) is 23.8 Å². The molecular formula is C24H20FN5O2. The summed E-state index contributed by atoms with van der Waals surface area (Å²) in [6.07, 6.45) is 5.05. The van der Waals surface area contributed by atoms with Gasteiger partial charge in [-0.2, -0.15) is 5.10 Å². The molecule has 2 heterocycles. The molecule has 2 aromatic carbocycles. The summed E-state index contributed by atoms with van der Waals surface area (Å²) in [7, 11) is 0. The monoisotopic (exact) mass is 429 g/mol. The van der Waals surface area contributed by atoms with Crippen LogP contribution in [0.2, 0.25) is 0 Å². The molecule has 2 aromatic heterocycles. The Morgan fingerprint density at radius 3 is 2.84 bits per heavy atom. The van der Waals surface area contributed by atoms with E-state index >= 15 is 0 Å². The Kier molecular flexibility index (Phi) is 4.89. The van der Waals surface area contributed by atoms with Crippen LogP contribution >= 0.6 is 0 Å². The van der Waals surface area contributed by atoms with E-state index in [4.69, 9.17) is 15.6 Å². The molecule has 2 N–H and O–H groups in total. The highest BCUT2D eigenvalue weighted by molar-refractivity contribution is 5.98. The lowest BCUT2D eigenvalue weighted by Crippen LogP contribution is -2.20. The molecule has 0 spiro atoms. The first kappa shape index (κ1) is 19.9. The number of rotatable bonds is 4. The minimum absolute atomic E-state index is 0.0506. The van der Waals surface area contributed by atoms with E-state index in [-0.39, 0.29) is 17.6 Å². The van der Waals surface area contributed by atoms with Crippen LogP contribution in [0.3, 0.4) is 0 Å². The average Bonchev–Trinajstić information content (AvgIpc) is 3.19. The van der Waals surface area contributed by atoms with E-state index < -0.39 is 11.8 Å². The van der Waals surface area contributed by atoms with Crippen LogP contribution < -0.4 is 10.5 Å². The lowest BCUT2D eigenvalue weighted by atomic mass is 9.88. The number of carbonyl (C=O) groups is 1. The molecule has 4 aromatic rings. The van der Waals surface area contributed by atoms with E-state index in [0.717, 1.165) is 31.4 Å². The average molecular weight is 429 g/mol. The number of aryl methyl sites for hydroxylation is 1. The fourth-order valence-electron chi connectivity index (χ4n) is 4.26. The molecule has 0 amide bonds. The van der Waals surface area contributed by atoms with Crippen molar-refractivity contribution in [3.05, 3.63) is 78.4 Å². The van der Waals surface area contributed by atoms with E-state index in [9.17, 15) is 9.18 Å². The lowest BCUT2D eigenvalue weighted by molar-refractivity contribution is -0.128. The van der Waals surface area contributed by atoms with Crippen molar-refractivity contribution in [3.8, 4) is 17.0 Å². The number of ether oxygens (including phenoxy) is 1. The van der Waals surface area contributed by atoms with Crippen molar-refractivity contribution >= 4 is 22.8 Å². The maximum Gasteiger partial charge on any atom is 0.335 e. The second-order valence-electron chi connectivity index (χ2n) is 7.72. The molecule has 0 fully saturated rings. The summed E-state index contributed by atoms with van der Waals surface area (Å²) in [4.78, 5) is 20.2. The number of esters is 1. The molecule has 1 atom stereocenters. The molecule has 0 saturated carbocycles. The molecule has 8 heteroatoms. The Labute approximate surface area is 183 Å². The van der Waals surface area contributed by atoms with Gasteiger partial charge in [0.2, 0.25) is 0 Å². The summed E-state index contributed by atoms with van der Waals surface area (Å²) in [6, 6.07) is 12.4. The largest absolute Gasteiger partial charge is 0.423 e. The summed E-state index contributed by atoms with van der Waals surface area (Å²) in [5.41, 5.74) is 10.3. The Morgan fingerprint density at radius 2 is 2.03 bits per heavy atom. The standard InChI is InChI=1S/C24H20FN5O2/c1-2-20(31)32-19-11-16(9-17(25)12-19)22-21-23(26)27-13-28-24(21)30(29-22)18-8-7-14-5-3-4-6-15(14)10-18/h2-6,9,11-13,18H,1,7-8,10H2,(H2,26,27,28). The Bertz CT molecular complexity index is 1360. The van der Waals surface area contributed by atoms with Crippen molar-refractivity contribution in [1.82, 2.24) is 19.7 Å². The first-order valence-corrected chi connectivity index (χ1v) is 10.2. The van der Waals surface area contributed by atoms with Gasteiger partial charge in [-0.3, -0.25) is 0 Å². The van der Waals surface area contributed by atoms with Gasteiger partial charge in [0, 0.05) is 17.7 Å². The van der Waals surface area contributed by atoms with E-state index in [1.807, 2.05) is 10.7 Å². The van der Waals surface area contributed by atoms with Gasteiger partial charge in [0.1, 0.15) is 29.4 Å². The quantitative estimate of drug-likeness (QED) is 0.299. The van der Waals surface area contributed by atoms with Crippen molar-refractivity contribution in [2.45, 2.75) is 25.3 Å². The Balaban J connectivity index is 1.63. The third-order valence-electron chi connectivity index (χ3n) is 5.71. The zero-order valence-electron chi connectivity index (χ0n) is 17.2. The van der Waals surface area contributed by atoms with Crippen LogP contribution in [0.1, 0.15) is 23.6 Å². The van der Waals surface area contributed by atoms with Crippen molar-refractivity contribution in [2.75, 3.05) is 5.73 Å². The van der Waals surface area contributed by atoms with Gasteiger partial charge in [-0.05, 0) is 42.5 Å². The maximum atomic E-state index is 14.4. The van der Waals surface area contributed by atoms with Crippen molar-refractivity contribution in [2.24, 2.45) is 0 Å². The van der Waals surface area contributed by atoms with E-state index in [1.54, 1.807) is 6.07 Å². The molecule has 1 unspecified atom stereocenters. The molecule has 1 aliphatic carbocycles. The molecule has 5 rings (SSSR count). The Hall–Kier alpha value is -4.07. The zero-order valence-corrected chi connectivity index (χ0v) is 17.2. The third-order valence-corrected chi connectivity index (χ3v) is 5.71. The normalized spacial score (nSPS) is 15.3. The van der Waals surface area contributed by atoms with Gasteiger partial charge in [-0.15, -0.1) is 0 Å². The van der Waals surface area contributed by atoms with Gasteiger partial charge < -0.3 is 10.5 Å². The number of halogens is 1. The highest BCUT2D eigenvalue weighted by Gasteiger charge is 2.26. The van der Waals surface area contributed by atoms with Gasteiger partial charge in [0.25, 0.3) is 0 Å². The van der Waals surface area contributed by atoms with Crippen molar-refractivity contribution in [3.63, 3.8) is 0 Å². The topological polar surface area (TPSA) is 95.9 Å². The highest BCUT2D eigenvalue weighted by Crippen LogP contribution is 2.36. The number of hydrogen-bond donors (Lipinski definition) is 1. The Morgan fingerprint density at radius 1 is 1.22 bits per heavy atom. The SMILES string of the molecule is C=CC(=O)Oc1cc(F)cc(-c2nn(C3CCc4ccccc4C3)c3ncnc(N)c23)c1. The fraction of sp³-hybridized carbons (Fsp3) is 0.167. The smallest absolute Gasteiger partial charge is 0.335 e. The summed E-state index contributed by atoms with van der Waals surface area (Å²) in [6.45, 7) is 3.37. The number of carbonyl (C=O) groups excluding carboxylic acids is 1. The first-order chi connectivity index (χ1) is 15.5. The number of aromatic nitrogens is 4. The van der Waals surface area contributed by atoms with Gasteiger partial charge in [0.05, 0.1) is 11.4 Å². The van der Waals surface area contributed by atoms with Crippen LogP contribution in [-0.4, -0.2) is 25.7 Å². The van der Waals surface area contributed by atoms with Crippen LogP contribution in [0.4, 0.5) is 10.2 Å². The second kappa shape index (κ2) is 7.88. The van der Waals surface area contributed by atoms with Crippen molar-refractivity contribution < 1.29 is 13.9 Å². The minimum atomic E-state index is -0.680. The molecular weight excluding hydrogens is 409 g/mol. The van der Waals surface area contributed by atoms with E-state index in [0.29, 0.717) is 22.3 Å². The van der Waals surface area contributed by atoms with Crippen molar-refractivity contribution in [1.29, 1.82) is 0 Å². The van der Waals surface area contributed by atoms with E-state index in [1.165, 1.54) is 23.5 Å². The summed E-state index contributed by atoms with van der Waals surface area (Å²) in [5, 5.41) is 5.35. The van der Waals surface area contributed by atoms with Gasteiger partial charge >= 0.3 is 5.97 Å². The third kappa shape index (κ3) is 3.49. The number of nitrogens with zero attached hydrogens (tertiary/aromatic N) is 4. The number of nitrogens with two attached hydrogens (primary N) is 1. The molecule has 0 bridgehead atoms. The number of nitrogen functional groups attached to an aromatic ring is 1. The van der Waals surface area contributed by atoms with Crippen LogP contribution in [0.25, 0.3) is 22.3 Å².